The predicted octanol–water partition coefficient (Wildman–Crippen LogP) is 5.25. The van der Waals surface area contributed by atoms with E-state index in [1.807, 2.05) is 43.3 Å². The standard InChI is InChI=1S/C31H34N6O2/c1-6-27(39)37-16-13-22(18-37)34-30-28-24(12-15-33-29(28)35-36-30)23-11-14-32-25(19(23)2)17-26(38)20-7-9-21(10-8-20)31(3,4)5/h6-12,14-15,22H,1,13,16-18H2,2-5H3,(H2,33,34,35,36). The van der Waals surface area contributed by atoms with Gasteiger partial charge in [0.05, 0.1) is 17.5 Å². The smallest absolute Gasteiger partial charge is 0.246 e. The molecule has 39 heavy (non-hydrogen) atoms. The van der Waals surface area contributed by atoms with Crippen LogP contribution in [-0.4, -0.2) is 55.9 Å². The van der Waals surface area contributed by atoms with Gasteiger partial charge in [-0.1, -0.05) is 51.6 Å². The number of aromatic amines is 1. The van der Waals surface area contributed by atoms with Gasteiger partial charge in [-0.2, -0.15) is 5.10 Å². The number of Topliss-reactive ketones (excluding diaryl/α,β-unsaturated/α-hetero) is 1. The molecule has 4 aromatic rings. The van der Waals surface area contributed by atoms with Crippen LogP contribution in [0.1, 0.15) is 54.4 Å². The zero-order valence-electron chi connectivity index (χ0n) is 22.9. The Kier molecular flexibility index (Phi) is 7.04. The van der Waals surface area contributed by atoms with Crippen LogP contribution in [0.5, 0.6) is 0 Å². The first-order chi connectivity index (χ1) is 18.7. The minimum Gasteiger partial charge on any atom is -0.363 e. The molecule has 8 nitrogen and oxygen atoms in total. The molecule has 1 unspecified atom stereocenters. The van der Waals surface area contributed by atoms with Crippen molar-refractivity contribution in [2.24, 2.45) is 0 Å². The quantitative estimate of drug-likeness (QED) is 0.254. The van der Waals surface area contributed by atoms with Crippen molar-refractivity contribution in [2.75, 3.05) is 18.4 Å². The third-order valence-electron chi connectivity index (χ3n) is 7.48. The van der Waals surface area contributed by atoms with Crippen molar-refractivity contribution in [1.82, 2.24) is 25.1 Å². The topological polar surface area (TPSA) is 104 Å². The van der Waals surface area contributed by atoms with Gasteiger partial charge in [-0.05, 0) is 59.2 Å². The molecule has 1 aliphatic rings. The fraction of sp³-hybridized carbons (Fsp3) is 0.323. The molecule has 1 amide bonds. The summed E-state index contributed by atoms with van der Waals surface area (Å²) >= 11 is 0. The maximum absolute atomic E-state index is 13.2. The molecule has 0 saturated carbocycles. The number of rotatable bonds is 7. The molecular formula is C31H34N6O2. The number of hydrogen-bond acceptors (Lipinski definition) is 6. The lowest BCUT2D eigenvalue weighted by molar-refractivity contribution is -0.125. The minimum atomic E-state index is -0.0619. The number of likely N-dealkylation sites (tertiary alicyclic amines) is 1. The second-order valence-corrected chi connectivity index (χ2v) is 11.1. The molecule has 3 aromatic heterocycles. The normalized spacial score (nSPS) is 15.5. The van der Waals surface area contributed by atoms with Crippen molar-refractivity contribution in [2.45, 2.75) is 52.0 Å². The molecule has 0 spiro atoms. The van der Waals surface area contributed by atoms with Crippen LogP contribution >= 0.6 is 0 Å². The van der Waals surface area contributed by atoms with Gasteiger partial charge in [-0.25, -0.2) is 4.98 Å². The molecular weight excluding hydrogens is 488 g/mol. The molecule has 1 fully saturated rings. The van der Waals surface area contributed by atoms with E-state index in [1.165, 1.54) is 11.6 Å². The highest BCUT2D eigenvalue weighted by Crippen LogP contribution is 2.35. The maximum Gasteiger partial charge on any atom is 0.246 e. The average Bonchev–Trinajstić information content (AvgIpc) is 3.56. The van der Waals surface area contributed by atoms with Gasteiger partial charge < -0.3 is 10.2 Å². The third kappa shape index (κ3) is 5.32. The largest absolute Gasteiger partial charge is 0.363 e. The van der Waals surface area contributed by atoms with Gasteiger partial charge in [0.2, 0.25) is 5.91 Å². The molecule has 1 aromatic carbocycles. The van der Waals surface area contributed by atoms with Crippen LogP contribution in [0.3, 0.4) is 0 Å². The molecule has 1 aliphatic heterocycles. The van der Waals surface area contributed by atoms with E-state index in [1.54, 1.807) is 17.3 Å². The number of ketones is 1. The first kappa shape index (κ1) is 26.3. The Bertz CT molecular complexity index is 1550. The molecule has 0 aliphatic carbocycles. The van der Waals surface area contributed by atoms with E-state index in [9.17, 15) is 9.59 Å². The Morgan fingerprint density at radius 1 is 1.10 bits per heavy atom. The molecule has 1 atom stereocenters. The number of hydrogen-bond donors (Lipinski definition) is 2. The number of benzene rings is 1. The number of amides is 1. The van der Waals surface area contributed by atoms with Crippen LogP contribution in [0, 0.1) is 6.92 Å². The van der Waals surface area contributed by atoms with E-state index in [-0.39, 0.29) is 29.6 Å². The summed E-state index contributed by atoms with van der Waals surface area (Å²) in [6, 6.07) is 11.9. The fourth-order valence-corrected chi connectivity index (χ4v) is 5.14. The number of nitrogens with one attached hydrogen (secondary N) is 2. The number of anilines is 1. The van der Waals surface area contributed by atoms with Crippen LogP contribution in [0.2, 0.25) is 0 Å². The lowest BCUT2D eigenvalue weighted by Gasteiger charge is -2.19. The van der Waals surface area contributed by atoms with Crippen LogP contribution in [0.4, 0.5) is 5.82 Å². The van der Waals surface area contributed by atoms with Gasteiger partial charge in [-0.15, -0.1) is 0 Å². The number of aromatic nitrogens is 4. The Hall–Kier alpha value is -4.33. The average molecular weight is 523 g/mol. The lowest BCUT2D eigenvalue weighted by Crippen LogP contribution is -2.30. The zero-order chi connectivity index (χ0) is 27.7. The Morgan fingerprint density at radius 3 is 2.54 bits per heavy atom. The van der Waals surface area contributed by atoms with E-state index < -0.39 is 0 Å². The summed E-state index contributed by atoms with van der Waals surface area (Å²) < 4.78 is 0. The predicted molar refractivity (Wildman–Crippen MR) is 154 cm³/mol. The first-order valence-electron chi connectivity index (χ1n) is 13.2. The summed E-state index contributed by atoms with van der Waals surface area (Å²) in [5.74, 6) is 0.667. The van der Waals surface area contributed by atoms with Crippen LogP contribution in [0.25, 0.3) is 22.2 Å². The van der Waals surface area contributed by atoms with Crippen molar-refractivity contribution >= 4 is 28.5 Å². The Morgan fingerprint density at radius 2 is 1.82 bits per heavy atom. The minimum absolute atomic E-state index is 0.0326. The SMILES string of the molecule is C=CC(=O)N1CCC(Nc2n[nH]c3nccc(-c4ccnc(CC(=O)c5ccc(C(C)(C)C)cc5)c4C)c23)C1. The summed E-state index contributed by atoms with van der Waals surface area (Å²) in [5, 5.41) is 11.9. The molecule has 0 radical (unpaired) electrons. The number of pyridine rings is 2. The Balaban J connectivity index is 1.42. The highest BCUT2D eigenvalue weighted by molar-refractivity contribution is 6.02. The molecule has 200 valence electrons. The molecule has 1 saturated heterocycles. The number of carbonyl (C=O) groups excluding carboxylic acids is 2. The van der Waals surface area contributed by atoms with Gasteiger partial charge in [-0.3, -0.25) is 19.7 Å². The maximum atomic E-state index is 13.2. The van der Waals surface area contributed by atoms with E-state index in [0.717, 1.165) is 34.2 Å². The summed E-state index contributed by atoms with van der Waals surface area (Å²) in [7, 11) is 0. The van der Waals surface area contributed by atoms with Crippen LogP contribution in [0.15, 0.2) is 61.4 Å². The highest BCUT2D eigenvalue weighted by Gasteiger charge is 2.26. The summed E-state index contributed by atoms with van der Waals surface area (Å²) in [5.41, 5.74) is 6.20. The highest BCUT2D eigenvalue weighted by atomic mass is 16.2. The summed E-state index contributed by atoms with van der Waals surface area (Å²) in [6.07, 6.45) is 5.89. The van der Waals surface area contributed by atoms with Crippen molar-refractivity contribution < 1.29 is 9.59 Å². The second-order valence-electron chi connectivity index (χ2n) is 11.1. The summed E-state index contributed by atoms with van der Waals surface area (Å²) in [4.78, 5) is 36.0. The molecule has 8 heteroatoms. The van der Waals surface area contributed by atoms with Crippen LogP contribution in [-0.2, 0) is 16.6 Å². The lowest BCUT2D eigenvalue weighted by atomic mass is 9.86. The van der Waals surface area contributed by atoms with Crippen LogP contribution < -0.4 is 5.32 Å². The number of nitrogens with zero attached hydrogens (tertiary/aromatic N) is 4. The van der Waals surface area contributed by atoms with Gasteiger partial charge in [0.15, 0.2) is 17.2 Å². The van der Waals surface area contributed by atoms with E-state index in [4.69, 9.17) is 0 Å². The van der Waals surface area contributed by atoms with Gasteiger partial charge in [0, 0.05) is 37.1 Å². The van der Waals surface area contributed by atoms with Crippen molar-refractivity contribution in [3.63, 3.8) is 0 Å². The molecule has 2 N–H and O–H groups in total. The van der Waals surface area contributed by atoms with Gasteiger partial charge in [0.1, 0.15) is 0 Å². The molecule has 4 heterocycles. The molecule has 0 bridgehead atoms. The summed E-state index contributed by atoms with van der Waals surface area (Å²) in [6.45, 7) is 13.3. The van der Waals surface area contributed by atoms with Gasteiger partial charge in [0.25, 0.3) is 0 Å². The zero-order valence-corrected chi connectivity index (χ0v) is 22.9. The first-order valence-corrected chi connectivity index (χ1v) is 13.2. The van der Waals surface area contributed by atoms with E-state index in [0.29, 0.717) is 30.1 Å². The van der Waals surface area contributed by atoms with E-state index >= 15 is 0 Å². The third-order valence-corrected chi connectivity index (χ3v) is 7.48. The van der Waals surface area contributed by atoms with Crippen molar-refractivity contribution in [1.29, 1.82) is 0 Å². The fourth-order valence-electron chi connectivity index (χ4n) is 5.14. The number of H-pyrrole nitrogens is 1. The Labute approximate surface area is 228 Å². The van der Waals surface area contributed by atoms with Crippen molar-refractivity contribution in [3.8, 4) is 11.1 Å². The van der Waals surface area contributed by atoms with Gasteiger partial charge >= 0.3 is 0 Å². The number of fused-ring (bicyclic) bond motifs is 1. The molecule has 5 rings (SSSR count). The number of carbonyl (C=O) groups is 2. The van der Waals surface area contributed by atoms with E-state index in [2.05, 4.69) is 52.8 Å². The second kappa shape index (κ2) is 10.4. The van der Waals surface area contributed by atoms with Crippen molar-refractivity contribution in [3.05, 3.63) is 83.8 Å². The monoisotopic (exact) mass is 522 g/mol.